The molecular weight excluding hydrogens is 512 g/mol. The van der Waals surface area contributed by atoms with Gasteiger partial charge < -0.3 is 25.0 Å². The molecule has 2 fully saturated rings. The van der Waals surface area contributed by atoms with Gasteiger partial charge in [0.15, 0.2) is 5.65 Å². The maximum Gasteiger partial charge on any atom is 0.408 e. The Labute approximate surface area is 217 Å². The average molecular weight is 545 g/mol. The largest absolute Gasteiger partial charge is 0.444 e. The summed E-state index contributed by atoms with van der Waals surface area (Å²) in [6, 6.07) is -0.850. The first kappa shape index (κ1) is 27.9. The first-order valence-electron chi connectivity index (χ1n) is 12.3. The fourth-order valence-electron chi connectivity index (χ4n) is 4.84. The van der Waals surface area contributed by atoms with Crippen molar-refractivity contribution >= 4 is 17.8 Å². The van der Waals surface area contributed by atoms with Gasteiger partial charge in [0.2, 0.25) is 5.92 Å². The highest BCUT2D eigenvalue weighted by molar-refractivity contribution is 5.76. The monoisotopic (exact) mass is 544 g/mol. The number of nitrogens with one attached hydrogen (secondary N) is 2. The van der Waals surface area contributed by atoms with Gasteiger partial charge in [-0.2, -0.15) is 5.10 Å². The molecule has 1 aliphatic carbocycles. The molecule has 2 N–H and O–H groups in total. The van der Waals surface area contributed by atoms with Crippen molar-refractivity contribution in [3.05, 3.63) is 29.7 Å². The molecule has 10 nitrogen and oxygen atoms in total. The standard InChI is InChI=1S/C24H32F4N6O4/c1-22(2,3)38-21(36)32-19(14-5-6-23(25,26)8-14)16-10-34-18(31-16)7-15(9-30-34)17(11-37-4)33-13-24(27,28)12-29-20(33)35/h7,9-10,14,17,19H,5-6,8,11-13H2,1-4H3,(H,29,35)(H,32,36)/t14-,17-,19-/m1/s1. The molecule has 38 heavy (non-hydrogen) atoms. The van der Waals surface area contributed by atoms with Crippen LogP contribution >= 0.6 is 0 Å². The van der Waals surface area contributed by atoms with E-state index >= 15 is 0 Å². The SMILES string of the molecule is COC[C@H](c1cnn2cc([C@H](NC(=O)OC(C)(C)C)[C@@H]3CCC(F)(F)C3)nc2c1)N1CC(F)(F)CNC1=O. The minimum absolute atomic E-state index is 0.0745. The normalized spacial score (nSPS) is 22.7. The van der Waals surface area contributed by atoms with Crippen molar-refractivity contribution in [1.82, 2.24) is 30.1 Å². The van der Waals surface area contributed by atoms with Crippen LogP contribution in [0.4, 0.5) is 27.2 Å². The van der Waals surface area contributed by atoms with Gasteiger partial charge in [0, 0.05) is 25.5 Å². The Bertz CT molecular complexity index is 1180. The van der Waals surface area contributed by atoms with E-state index in [0.717, 1.165) is 4.90 Å². The number of fused-ring (bicyclic) bond motifs is 1. The molecule has 0 aromatic carbocycles. The molecule has 0 unspecified atom stereocenters. The summed E-state index contributed by atoms with van der Waals surface area (Å²) in [5.41, 5.74) is 0.183. The van der Waals surface area contributed by atoms with E-state index < -0.39 is 67.1 Å². The van der Waals surface area contributed by atoms with Gasteiger partial charge in [-0.3, -0.25) is 0 Å². The third-order valence-corrected chi connectivity index (χ3v) is 6.51. The number of aromatic nitrogens is 3. The van der Waals surface area contributed by atoms with Crippen LogP contribution in [0.3, 0.4) is 0 Å². The minimum atomic E-state index is -3.12. The molecule has 210 valence electrons. The molecule has 3 amide bonds. The van der Waals surface area contributed by atoms with Gasteiger partial charge in [-0.15, -0.1) is 0 Å². The van der Waals surface area contributed by atoms with E-state index in [0.29, 0.717) is 11.3 Å². The van der Waals surface area contributed by atoms with Gasteiger partial charge in [-0.25, -0.2) is 36.7 Å². The van der Waals surface area contributed by atoms with Crippen molar-refractivity contribution in [2.75, 3.05) is 26.8 Å². The molecule has 1 saturated carbocycles. The van der Waals surface area contributed by atoms with Crippen LogP contribution in [0.25, 0.3) is 5.65 Å². The number of imidazole rings is 1. The Morgan fingerprint density at radius 2 is 2.03 bits per heavy atom. The topological polar surface area (TPSA) is 110 Å². The maximum atomic E-state index is 14.1. The zero-order valence-electron chi connectivity index (χ0n) is 21.6. The summed E-state index contributed by atoms with van der Waals surface area (Å²) in [6.07, 6.45) is 1.61. The van der Waals surface area contributed by atoms with Gasteiger partial charge >= 0.3 is 12.1 Å². The number of alkyl carbamates (subject to hydrolysis) is 1. The molecule has 0 spiro atoms. The van der Waals surface area contributed by atoms with Crippen molar-refractivity contribution in [3.63, 3.8) is 0 Å². The molecule has 2 aliphatic rings. The fraction of sp³-hybridized carbons (Fsp3) is 0.667. The predicted octanol–water partition coefficient (Wildman–Crippen LogP) is 4.08. The van der Waals surface area contributed by atoms with Crippen LogP contribution in [-0.2, 0) is 9.47 Å². The summed E-state index contributed by atoms with van der Waals surface area (Å²) < 4.78 is 68.2. The number of rotatable bonds is 7. The molecule has 0 radical (unpaired) electrons. The summed E-state index contributed by atoms with van der Waals surface area (Å²) in [5, 5.41) is 9.18. The lowest BCUT2D eigenvalue weighted by atomic mass is 9.95. The molecule has 0 bridgehead atoms. The molecule has 2 aromatic rings. The van der Waals surface area contributed by atoms with Crippen molar-refractivity contribution < 1.29 is 36.6 Å². The van der Waals surface area contributed by atoms with Crippen LogP contribution in [-0.4, -0.2) is 75.9 Å². The van der Waals surface area contributed by atoms with Crippen LogP contribution in [0.15, 0.2) is 18.5 Å². The quantitative estimate of drug-likeness (QED) is 0.509. The number of halogens is 4. The van der Waals surface area contributed by atoms with E-state index in [1.807, 2.05) is 0 Å². The Morgan fingerprint density at radius 1 is 1.29 bits per heavy atom. The maximum absolute atomic E-state index is 14.1. The number of alkyl halides is 4. The highest BCUT2D eigenvalue weighted by Crippen LogP contribution is 2.44. The lowest BCUT2D eigenvalue weighted by molar-refractivity contribution is -0.0509. The molecule has 3 heterocycles. The third-order valence-electron chi connectivity index (χ3n) is 6.51. The lowest BCUT2D eigenvalue weighted by Crippen LogP contribution is -2.58. The predicted molar refractivity (Wildman–Crippen MR) is 127 cm³/mol. The number of nitrogens with zero attached hydrogens (tertiary/aromatic N) is 4. The average Bonchev–Trinajstić information content (AvgIpc) is 3.38. The van der Waals surface area contributed by atoms with Crippen LogP contribution in [0.2, 0.25) is 0 Å². The van der Waals surface area contributed by atoms with Crippen molar-refractivity contribution in [2.45, 2.75) is 69.6 Å². The Kier molecular flexibility index (Phi) is 7.47. The minimum Gasteiger partial charge on any atom is -0.444 e. The Morgan fingerprint density at radius 3 is 2.66 bits per heavy atom. The molecule has 3 atom stereocenters. The first-order chi connectivity index (χ1) is 17.7. The highest BCUT2D eigenvalue weighted by atomic mass is 19.3. The smallest absolute Gasteiger partial charge is 0.408 e. The second-order valence-corrected chi connectivity index (χ2v) is 10.9. The second kappa shape index (κ2) is 10.2. The number of carbonyl (C=O) groups excluding carboxylic acids is 2. The molecule has 14 heteroatoms. The second-order valence-electron chi connectivity index (χ2n) is 10.9. The summed E-state index contributed by atoms with van der Waals surface area (Å²) in [6.45, 7) is 3.45. The third kappa shape index (κ3) is 6.45. The number of hydrogen-bond donors (Lipinski definition) is 2. The number of methoxy groups -OCH3 is 1. The van der Waals surface area contributed by atoms with Crippen molar-refractivity contribution in [1.29, 1.82) is 0 Å². The Hall–Kier alpha value is -3.16. The summed E-state index contributed by atoms with van der Waals surface area (Å²) in [5.74, 6) is -6.57. The van der Waals surface area contributed by atoms with E-state index in [1.165, 1.54) is 24.0 Å². The van der Waals surface area contributed by atoms with Crippen LogP contribution < -0.4 is 10.6 Å². The van der Waals surface area contributed by atoms with Crippen LogP contribution in [0.1, 0.15) is 63.4 Å². The number of amides is 3. The van der Waals surface area contributed by atoms with Crippen molar-refractivity contribution in [2.24, 2.45) is 5.92 Å². The van der Waals surface area contributed by atoms with E-state index in [1.54, 1.807) is 26.8 Å². The molecule has 2 aromatic heterocycles. The summed E-state index contributed by atoms with van der Waals surface area (Å²) in [4.78, 5) is 30.5. The molecule has 1 aliphatic heterocycles. The lowest BCUT2D eigenvalue weighted by Gasteiger charge is -2.38. The number of carbonyl (C=O) groups is 2. The first-order valence-corrected chi connectivity index (χ1v) is 12.3. The fourth-order valence-corrected chi connectivity index (χ4v) is 4.84. The number of ether oxygens (including phenoxy) is 2. The zero-order valence-corrected chi connectivity index (χ0v) is 21.6. The number of urea groups is 1. The molecule has 4 rings (SSSR count). The summed E-state index contributed by atoms with van der Waals surface area (Å²) in [7, 11) is 1.39. The molecule has 1 saturated heterocycles. The van der Waals surface area contributed by atoms with E-state index in [9.17, 15) is 27.2 Å². The zero-order chi connectivity index (χ0) is 27.9. The van der Waals surface area contributed by atoms with Gasteiger partial charge in [0.25, 0.3) is 5.92 Å². The van der Waals surface area contributed by atoms with E-state index in [4.69, 9.17) is 9.47 Å². The van der Waals surface area contributed by atoms with Gasteiger partial charge in [0.1, 0.15) is 5.60 Å². The molecular formula is C24H32F4N6O4. The van der Waals surface area contributed by atoms with E-state index in [-0.39, 0.29) is 25.1 Å². The highest BCUT2D eigenvalue weighted by Gasteiger charge is 2.45. The van der Waals surface area contributed by atoms with Crippen molar-refractivity contribution in [3.8, 4) is 0 Å². The Balaban J connectivity index is 1.65. The van der Waals surface area contributed by atoms with Gasteiger partial charge in [-0.1, -0.05) is 0 Å². The number of hydrogen-bond acceptors (Lipinski definition) is 6. The van der Waals surface area contributed by atoms with Crippen LogP contribution in [0, 0.1) is 5.92 Å². The summed E-state index contributed by atoms with van der Waals surface area (Å²) >= 11 is 0. The van der Waals surface area contributed by atoms with E-state index in [2.05, 4.69) is 20.7 Å². The van der Waals surface area contributed by atoms with Gasteiger partial charge in [0.05, 0.1) is 49.9 Å². The van der Waals surface area contributed by atoms with Crippen LogP contribution in [0.5, 0.6) is 0 Å². The van der Waals surface area contributed by atoms with Gasteiger partial charge in [-0.05, 0) is 39.2 Å².